The first-order valence-electron chi connectivity index (χ1n) is 7.07. The lowest BCUT2D eigenvalue weighted by Gasteiger charge is -2.14. The summed E-state index contributed by atoms with van der Waals surface area (Å²) < 4.78 is 13.9. The minimum Gasteiger partial charge on any atom is -0.370 e. The fourth-order valence-corrected chi connectivity index (χ4v) is 2.50. The molecule has 1 fully saturated rings. The van der Waals surface area contributed by atoms with Crippen molar-refractivity contribution in [2.75, 3.05) is 11.9 Å². The van der Waals surface area contributed by atoms with Crippen LogP contribution < -0.4 is 11.1 Å². The number of nitrogens with two attached hydrogens (primary N) is 1. The maximum atomic E-state index is 13.9. The average molecular weight is 411 g/mol. The van der Waals surface area contributed by atoms with E-state index in [1.807, 2.05) is 42.5 Å². The number of guanidine groups is 1. The van der Waals surface area contributed by atoms with Crippen molar-refractivity contribution in [3.05, 3.63) is 66.0 Å². The summed E-state index contributed by atoms with van der Waals surface area (Å²) in [5, 5.41) is 3.04. The highest BCUT2D eigenvalue weighted by Gasteiger charge is 2.45. The number of para-hydroxylation sites is 1. The number of anilines is 1. The van der Waals surface area contributed by atoms with E-state index in [9.17, 15) is 4.39 Å². The van der Waals surface area contributed by atoms with Gasteiger partial charge >= 0.3 is 0 Å². The number of hydrogen-bond donors (Lipinski definition) is 2. The van der Waals surface area contributed by atoms with Crippen molar-refractivity contribution in [1.82, 2.24) is 0 Å². The smallest absolute Gasteiger partial charge is 0.193 e. The maximum Gasteiger partial charge on any atom is 0.193 e. The van der Waals surface area contributed by atoms with Crippen LogP contribution in [0.3, 0.4) is 0 Å². The molecule has 0 unspecified atom stereocenters. The largest absolute Gasteiger partial charge is 0.370 e. The number of hydrogen-bond acceptors (Lipinski definition) is 1. The SMILES string of the molecule is I.NC(=NCC1(c2ccccc2F)CC1)Nc1ccccc1. The van der Waals surface area contributed by atoms with Gasteiger partial charge < -0.3 is 11.1 Å². The molecule has 0 atom stereocenters. The zero-order valence-corrected chi connectivity index (χ0v) is 14.5. The first kappa shape index (κ1) is 16.7. The molecule has 1 saturated carbocycles. The summed E-state index contributed by atoms with van der Waals surface area (Å²) in [7, 11) is 0. The van der Waals surface area contributed by atoms with Crippen molar-refractivity contribution >= 4 is 35.6 Å². The molecule has 0 saturated heterocycles. The minimum atomic E-state index is -0.172. The summed E-state index contributed by atoms with van der Waals surface area (Å²) in [5.41, 5.74) is 7.38. The minimum absolute atomic E-state index is 0. The van der Waals surface area contributed by atoms with Gasteiger partial charge in [-0.05, 0) is 36.6 Å². The number of nitrogens with zero attached hydrogens (tertiary/aromatic N) is 1. The van der Waals surface area contributed by atoms with Crippen molar-refractivity contribution in [3.8, 4) is 0 Å². The Hall–Kier alpha value is -1.63. The molecule has 22 heavy (non-hydrogen) atoms. The Morgan fingerprint density at radius 3 is 2.36 bits per heavy atom. The van der Waals surface area contributed by atoms with Gasteiger partial charge in [0.15, 0.2) is 5.96 Å². The lowest BCUT2D eigenvalue weighted by atomic mass is 9.95. The van der Waals surface area contributed by atoms with Crippen LogP contribution in [0.5, 0.6) is 0 Å². The highest BCUT2D eigenvalue weighted by molar-refractivity contribution is 14.0. The molecular formula is C17H19FIN3. The molecule has 2 aromatic carbocycles. The zero-order chi connectivity index (χ0) is 14.7. The standard InChI is InChI=1S/C17H18FN3.HI/c18-15-9-5-4-8-14(15)17(10-11-17)12-20-16(19)21-13-6-2-1-3-7-13;/h1-9H,10-12H2,(H3,19,20,21);1H. The Morgan fingerprint density at radius 2 is 1.73 bits per heavy atom. The normalized spacial score (nSPS) is 15.8. The predicted molar refractivity (Wildman–Crippen MR) is 99.3 cm³/mol. The molecule has 5 heteroatoms. The average Bonchev–Trinajstić information content (AvgIpc) is 3.28. The van der Waals surface area contributed by atoms with Crippen LogP contribution in [0.4, 0.5) is 10.1 Å². The maximum absolute atomic E-state index is 13.9. The van der Waals surface area contributed by atoms with Gasteiger partial charge in [-0.25, -0.2) is 4.39 Å². The lowest BCUT2D eigenvalue weighted by molar-refractivity contribution is 0.573. The Kier molecular flexibility index (Phi) is 5.39. The Labute approximate surface area is 146 Å². The molecule has 0 aromatic heterocycles. The molecule has 3 rings (SSSR count). The van der Waals surface area contributed by atoms with Crippen LogP contribution >= 0.6 is 24.0 Å². The summed E-state index contributed by atoms with van der Waals surface area (Å²) >= 11 is 0. The van der Waals surface area contributed by atoms with Crippen molar-refractivity contribution < 1.29 is 4.39 Å². The van der Waals surface area contributed by atoms with E-state index in [0.717, 1.165) is 24.1 Å². The van der Waals surface area contributed by atoms with Crippen LogP contribution in [0.25, 0.3) is 0 Å². The summed E-state index contributed by atoms with van der Waals surface area (Å²) in [6.45, 7) is 0.513. The molecule has 2 aromatic rings. The molecule has 3 nitrogen and oxygen atoms in total. The predicted octanol–water partition coefficient (Wildman–Crippen LogP) is 3.90. The summed E-state index contributed by atoms with van der Waals surface area (Å²) in [6, 6.07) is 16.6. The third-order valence-corrected chi connectivity index (χ3v) is 3.90. The third-order valence-electron chi connectivity index (χ3n) is 3.90. The van der Waals surface area contributed by atoms with Crippen LogP contribution in [-0.4, -0.2) is 12.5 Å². The van der Waals surface area contributed by atoms with Crippen LogP contribution in [0, 0.1) is 5.82 Å². The van der Waals surface area contributed by atoms with Crippen molar-refractivity contribution in [1.29, 1.82) is 0 Å². The van der Waals surface area contributed by atoms with Crippen molar-refractivity contribution in [2.24, 2.45) is 10.7 Å². The topological polar surface area (TPSA) is 50.4 Å². The number of halogens is 2. The first-order chi connectivity index (χ1) is 10.2. The van der Waals surface area contributed by atoms with Crippen molar-refractivity contribution in [2.45, 2.75) is 18.3 Å². The van der Waals surface area contributed by atoms with E-state index in [4.69, 9.17) is 5.73 Å². The molecule has 116 valence electrons. The van der Waals surface area contributed by atoms with E-state index >= 15 is 0 Å². The van der Waals surface area contributed by atoms with Gasteiger partial charge in [0.2, 0.25) is 0 Å². The monoisotopic (exact) mass is 411 g/mol. The summed E-state index contributed by atoms with van der Waals surface area (Å²) in [5.74, 6) is 0.212. The molecule has 0 aliphatic heterocycles. The molecule has 0 radical (unpaired) electrons. The highest BCUT2D eigenvalue weighted by Crippen LogP contribution is 2.49. The second-order valence-electron chi connectivity index (χ2n) is 5.45. The molecular weight excluding hydrogens is 392 g/mol. The van der Waals surface area contributed by atoms with E-state index in [0.29, 0.717) is 12.5 Å². The van der Waals surface area contributed by atoms with Gasteiger partial charge in [0.1, 0.15) is 5.82 Å². The Bertz CT molecular complexity index is 654. The third kappa shape index (κ3) is 3.76. The summed E-state index contributed by atoms with van der Waals surface area (Å²) in [4.78, 5) is 4.39. The van der Waals surface area contributed by atoms with E-state index in [2.05, 4.69) is 10.3 Å². The van der Waals surface area contributed by atoms with Gasteiger partial charge in [0.05, 0.1) is 6.54 Å². The van der Waals surface area contributed by atoms with E-state index < -0.39 is 0 Å². The van der Waals surface area contributed by atoms with Crippen LogP contribution in [-0.2, 0) is 5.41 Å². The fourth-order valence-electron chi connectivity index (χ4n) is 2.50. The molecule has 0 amide bonds. The first-order valence-corrected chi connectivity index (χ1v) is 7.07. The second kappa shape index (κ2) is 7.09. The summed E-state index contributed by atoms with van der Waals surface area (Å²) in [6.07, 6.45) is 1.91. The second-order valence-corrected chi connectivity index (χ2v) is 5.45. The number of aliphatic imine (C=N–C) groups is 1. The number of benzene rings is 2. The van der Waals surface area contributed by atoms with Gasteiger partial charge in [-0.3, -0.25) is 4.99 Å². The fraction of sp³-hybridized carbons (Fsp3) is 0.235. The number of rotatable bonds is 4. The Balaban J connectivity index is 0.00000176. The van der Waals surface area contributed by atoms with E-state index in [-0.39, 0.29) is 35.2 Å². The lowest BCUT2D eigenvalue weighted by Crippen LogP contribution is -2.25. The quantitative estimate of drug-likeness (QED) is 0.456. The molecule has 0 bridgehead atoms. The Morgan fingerprint density at radius 1 is 1.09 bits per heavy atom. The van der Waals surface area contributed by atoms with E-state index in [1.165, 1.54) is 6.07 Å². The molecule has 0 heterocycles. The molecule has 1 aliphatic rings. The van der Waals surface area contributed by atoms with Crippen molar-refractivity contribution in [3.63, 3.8) is 0 Å². The van der Waals surface area contributed by atoms with E-state index in [1.54, 1.807) is 6.07 Å². The van der Waals surface area contributed by atoms with Crippen LogP contribution in [0.15, 0.2) is 59.6 Å². The molecule has 3 N–H and O–H groups in total. The zero-order valence-electron chi connectivity index (χ0n) is 12.1. The van der Waals surface area contributed by atoms with Gasteiger partial charge in [-0.2, -0.15) is 0 Å². The van der Waals surface area contributed by atoms with Gasteiger partial charge in [0, 0.05) is 11.1 Å². The van der Waals surface area contributed by atoms with Gasteiger partial charge in [0.25, 0.3) is 0 Å². The van der Waals surface area contributed by atoms with Crippen LogP contribution in [0.2, 0.25) is 0 Å². The molecule has 1 aliphatic carbocycles. The molecule has 0 spiro atoms. The number of nitrogens with one attached hydrogen (secondary N) is 1. The van der Waals surface area contributed by atoms with Crippen LogP contribution in [0.1, 0.15) is 18.4 Å². The highest BCUT2D eigenvalue weighted by atomic mass is 127. The van der Waals surface area contributed by atoms with Gasteiger partial charge in [-0.1, -0.05) is 36.4 Å². The van der Waals surface area contributed by atoms with Gasteiger partial charge in [-0.15, -0.1) is 24.0 Å².